The Labute approximate surface area is 200 Å². The number of amides is 3. The van der Waals surface area contributed by atoms with Gasteiger partial charge in [0.25, 0.3) is 0 Å². The highest BCUT2D eigenvalue weighted by Gasteiger charge is 2.12. The normalized spacial score (nSPS) is 10.4. The van der Waals surface area contributed by atoms with Gasteiger partial charge in [-0.3, -0.25) is 9.78 Å². The van der Waals surface area contributed by atoms with E-state index in [1.54, 1.807) is 62.9 Å². The van der Waals surface area contributed by atoms with Crippen molar-refractivity contribution in [3.8, 4) is 23.0 Å². The van der Waals surface area contributed by atoms with Gasteiger partial charge < -0.3 is 19.5 Å². The summed E-state index contributed by atoms with van der Waals surface area (Å²) < 4.78 is 29.8. The molecule has 0 spiro atoms. The number of fused-ring (bicyclic) bond motifs is 1. The predicted molar refractivity (Wildman–Crippen MR) is 128 cm³/mol. The zero-order valence-electron chi connectivity index (χ0n) is 18.8. The number of hydrazine groups is 1. The number of anilines is 2. The number of benzene rings is 3. The van der Waals surface area contributed by atoms with Crippen molar-refractivity contribution in [3.05, 3.63) is 78.7 Å². The van der Waals surface area contributed by atoms with Gasteiger partial charge in [0, 0.05) is 23.3 Å². The third-order valence-electron chi connectivity index (χ3n) is 4.98. The summed E-state index contributed by atoms with van der Waals surface area (Å²) in [6, 6.07) is 16.4. The summed E-state index contributed by atoms with van der Waals surface area (Å²) in [5, 5.41) is 4.29. The summed E-state index contributed by atoms with van der Waals surface area (Å²) >= 11 is 0. The van der Waals surface area contributed by atoms with Crippen LogP contribution in [0.25, 0.3) is 10.9 Å². The lowest BCUT2D eigenvalue weighted by Gasteiger charge is -2.18. The highest BCUT2D eigenvalue weighted by atomic mass is 19.1. The molecule has 0 aliphatic carbocycles. The van der Waals surface area contributed by atoms with Crippen molar-refractivity contribution in [2.45, 2.75) is 0 Å². The van der Waals surface area contributed by atoms with Crippen molar-refractivity contribution in [1.82, 2.24) is 10.4 Å². The van der Waals surface area contributed by atoms with Crippen LogP contribution >= 0.6 is 0 Å². The van der Waals surface area contributed by atoms with Gasteiger partial charge in [-0.1, -0.05) is 0 Å². The number of nitrogens with one attached hydrogen (secondary N) is 2. The average Bonchev–Trinajstić information content (AvgIpc) is 2.88. The van der Waals surface area contributed by atoms with Crippen molar-refractivity contribution < 1.29 is 28.2 Å². The van der Waals surface area contributed by atoms with Gasteiger partial charge in [0.2, 0.25) is 6.41 Å². The predicted octanol–water partition coefficient (Wildman–Crippen LogP) is 4.88. The standard InChI is InChI=1S/C25H21FN4O5/c1-33-23-13-20-21(14-24(23)34-2)27-12-11-22(20)35-19-9-5-17(6-10-19)28-25(32)29-30(15-31)18-7-3-16(26)4-8-18/h3-15H,1-2H3,(H2,28,29,32). The number of rotatable bonds is 8. The van der Waals surface area contributed by atoms with Crippen LogP contribution in [0.4, 0.5) is 20.6 Å². The Balaban J connectivity index is 1.44. The molecule has 178 valence electrons. The number of halogens is 1. The Kier molecular flexibility index (Phi) is 6.91. The van der Waals surface area contributed by atoms with Crippen LogP contribution in [0, 0.1) is 5.82 Å². The van der Waals surface area contributed by atoms with Gasteiger partial charge in [-0.25, -0.2) is 19.6 Å². The van der Waals surface area contributed by atoms with E-state index in [0.29, 0.717) is 46.3 Å². The zero-order valence-corrected chi connectivity index (χ0v) is 18.8. The molecule has 0 fully saturated rings. The monoisotopic (exact) mass is 476 g/mol. The Morgan fingerprint density at radius 1 is 0.943 bits per heavy atom. The quantitative estimate of drug-likeness (QED) is 0.278. The second-order valence-electron chi connectivity index (χ2n) is 7.18. The third kappa shape index (κ3) is 5.38. The number of carbonyl (C=O) groups excluding carboxylic acids is 2. The van der Waals surface area contributed by atoms with Gasteiger partial charge >= 0.3 is 6.03 Å². The largest absolute Gasteiger partial charge is 0.493 e. The van der Waals surface area contributed by atoms with E-state index in [4.69, 9.17) is 14.2 Å². The molecular weight excluding hydrogens is 455 g/mol. The molecule has 9 nitrogen and oxygen atoms in total. The van der Waals surface area contributed by atoms with Gasteiger partial charge in [-0.15, -0.1) is 0 Å². The minimum Gasteiger partial charge on any atom is -0.493 e. The smallest absolute Gasteiger partial charge is 0.338 e. The molecule has 1 heterocycles. The molecule has 0 unspecified atom stereocenters. The van der Waals surface area contributed by atoms with Crippen LogP contribution in [0.3, 0.4) is 0 Å². The number of nitrogens with zero attached hydrogens (tertiary/aromatic N) is 2. The van der Waals surface area contributed by atoms with Crippen molar-refractivity contribution in [2.24, 2.45) is 0 Å². The number of pyridine rings is 1. The summed E-state index contributed by atoms with van der Waals surface area (Å²) in [4.78, 5) is 28.0. The molecule has 0 bridgehead atoms. The molecule has 1 aromatic heterocycles. The Hall–Kier alpha value is -4.86. The maximum atomic E-state index is 13.1. The molecule has 3 aromatic carbocycles. The molecule has 2 N–H and O–H groups in total. The van der Waals surface area contributed by atoms with Gasteiger partial charge in [-0.2, -0.15) is 0 Å². The van der Waals surface area contributed by atoms with Crippen LogP contribution in [0.2, 0.25) is 0 Å². The van der Waals surface area contributed by atoms with Gasteiger partial charge in [0.15, 0.2) is 11.5 Å². The van der Waals surface area contributed by atoms with Gasteiger partial charge in [0.05, 0.1) is 25.4 Å². The zero-order chi connectivity index (χ0) is 24.8. The average molecular weight is 476 g/mol. The summed E-state index contributed by atoms with van der Waals surface area (Å²) in [5.74, 6) is 1.75. The summed E-state index contributed by atoms with van der Waals surface area (Å²) in [6.07, 6.45) is 2.04. The van der Waals surface area contributed by atoms with E-state index in [2.05, 4.69) is 15.7 Å². The summed E-state index contributed by atoms with van der Waals surface area (Å²) in [7, 11) is 3.11. The van der Waals surface area contributed by atoms with Crippen molar-refractivity contribution in [2.75, 3.05) is 24.5 Å². The molecular formula is C25H21FN4O5. The number of ether oxygens (including phenoxy) is 3. The van der Waals surface area contributed by atoms with Crippen LogP contribution in [0.1, 0.15) is 0 Å². The number of urea groups is 1. The number of carbonyl (C=O) groups is 2. The second-order valence-corrected chi connectivity index (χ2v) is 7.18. The number of aromatic nitrogens is 1. The molecule has 4 aromatic rings. The van der Waals surface area contributed by atoms with Gasteiger partial charge in [-0.05, 0) is 60.7 Å². The van der Waals surface area contributed by atoms with Crippen molar-refractivity contribution >= 4 is 34.7 Å². The molecule has 0 saturated carbocycles. The lowest BCUT2D eigenvalue weighted by atomic mass is 10.2. The Morgan fingerprint density at radius 3 is 2.29 bits per heavy atom. The fourth-order valence-corrected chi connectivity index (χ4v) is 3.29. The van der Waals surface area contributed by atoms with Crippen LogP contribution in [-0.4, -0.2) is 31.6 Å². The van der Waals surface area contributed by atoms with Crippen LogP contribution < -0.4 is 30.0 Å². The lowest BCUT2D eigenvalue weighted by molar-refractivity contribution is -0.107. The van der Waals surface area contributed by atoms with E-state index < -0.39 is 11.8 Å². The van der Waals surface area contributed by atoms with Crippen molar-refractivity contribution in [1.29, 1.82) is 0 Å². The molecule has 10 heteroatoms. The highest BCUT2D eigenvalue weighted by Crippen LogP contribution is 2.37. The fraction of sp³-hybridized carbons (Fsp3) is 0.0800. The third-order valence-corrected chi connectivity index (χ3v) is 4.98. The molecule has 4 rings (SSSR count). The maximum absolute atomic E-state index is 13.1. The molecule has 0 atom stereocenters. The minimum absolute atomic E-state index is 0.305. The molecule has 35 heavy (non-hydrogen) atoms. The first-order valence-electron chi connectivity index (χ1n) is 10.4. The number of methoxy groups -OCH3 is 2. The fourth-order valence-electron chi connectivity index (χ4n) is 3.29. The number of hydrogen-bond donors (Lipinski definition) is 2. The van der Waals surface area contributed by atoms with E-state index >= 15 is 0 Å². The Morgan fingerprint density at radius 2 is 1.63 bits per heavy atom. The Bertz CT molecular complexity index is 1350. The first-order valence-corrected chi connectivity index (χ1v) is 10.4. The van der Waals surface area contributed by atoms with Crippen LogP contribution in [0.5, 0.6) is 23.0 Å². The van der Waals surface area contributed by atoms with E-state index in [0.717, 1.165) is 10.4 Å². The van der Waals surface area contributed by atoms with E-state index in [-0.39, 0.29) is 0 Å². The molecule has 0 aliphatic heterocycles. The SMILES string of the molecule is COc1cc2nccc(Oc3ccc(NC(=O)NN(C=O)c4ccc(F)cc4)cc3)c2cc1OC. The van der Waals surface area contributed by atoms with Crippen LogP contribution in [0.15, 0.2) is 72.9 Å². The lowest BCUT2D eigenvalue weighted by Crippen LogP contribution is -2.43. The van der Waals surface area contributed by atoms with Gasteiger partial charge in [0.1, 0.15) is 17.3 Å². The first-order chi connectivity index (χ1) is 17.0. The highest BCUT2D eigenvalue weighted by molar-refractivity contribution is 5.93. The molecule has 0 radical (unpaired) electrons. The minimum atomic E-state index is -0.656. The second kappa shape index (κ2) is 10.4. The topological polar surface area (TPSA) is 102 Å². The molecule has 3 amide bonds. The summed E-state index contributed by atoms with van der Waals surface area (Å²) in [6.45, 7) is 0. The molecule has 0 aliphatic rings. The first kappa shape index (κ1) is 23.3. The van der Waals surface area contributed by atoms with Crippen LogP contribution in [-0.2, 0) is 4.79 Å². The maximum Gasteiger partial charge on any atom is 0.338 e. The van der Waals surface area contributed by atoms with E-state index in [9.17, 15) is 14.0 Å². The van der Waals surface area contributed by atoms with E-state index in [1.165, 1.54) is 24.3 Å². The number of hydrogen-bond acceptors (Lipinski definition) is 6. The van der Waals surface area contributed by atoms with Crippen molar-refractivity contribution in [3.63, 3.8) is 0 Å². The molecule has 0 saturated heterocycles. The summed E-state index contributed by atoms with van der Waals surface area (Å²) in [5.41, 5.74) is 3.82. The van der Waals surface area contributed by atoms with E-state index in [1.807, 2.05) is 0 Å².